The molecule has 1 aliphatic carbocycles. The van der Waals surface area contributed by atoms with Crippen LogP contribution in [0.4, 0.5) is 4.39 Å². The van der Waals surface area contributed by atoms with Gasteiger partial charge in [-0.2, -0.15) is 0 Å². The molecule has 1 saturated heterocycles. The van der Waals surface area contributed by atoms with Gasteiger partial charge in [0, 0.05) is 30.0 Å². The minimum atomic E-state index is -0.895. The number of carbonyl (C=O) groups excluding carboxylic acids is 2. The first-order chi connectivity index (χ1) is 13.6. The van der Waals surface area contributed by atoms with Gasteiger partial charge in [0.25, 0.3) is 5.91 Å². The first-order valence-corrected chi connectivity index (χ1v) is 10.4. The maximum atomic E-state index is 13.7. The number of benzene rings is 1. The van der Waals surface area contributed by atoms with E-state index in [0.29, 0.717) is 25.3 Å². The maximum absolute atomic E-state index is 13.7. The molecule has 1 aromatic carbocycles. The highest BCUT2D eigenvalue weighted by molar-refractivity contribution is 7.16. The van der Waals surface area contributed by atoms with Crippen molar-refractivity contribution in [3.05, 3.63) is 58.9 Å². The van der Waals surface area contributed by atoms with E-state index < -0.39 is 5.66 Å². The summed E-state index contributed by atoms with van der Waals surface area (Å²) in [6.07, 6.45) is 1.82. The average molecular weight is 395 g/mol. The molecular formula is C21H18FN3O2S. The summed E-state index contributed by atoms with van der Waals surface area (Å²) in [5.41, 5.74) is 0.561. The summed E-state index contributed by atoms with van der Waals surface area (Å²) in [6.45, 7) is 1.48. The Kier molecular flexibility index (Phi) is 3.17. The quantitative estimate of drug-likeness (QED) is 0.668. The molecule has 3 aliphatic rings. The minimum Gasteiger partial charge on any atom is -0.324 e. The zero-order valence-corrected chi connectivity index (χ0v) is 15.9. The van der Waals surface area contributed by atoms with Gasteiger partial charge in [-0.15, -0.1) is 11.3 Å². The first kappa shape index (κ1) is 16.3. The predicted molar refractivity (Wildman–Crippen MR) is 103 cm³/mol. The third kappa shape index (κ3) is 2.00. The van der Waals surface area contributed by atoms with Crippen molar-refractivity contribution in [2.24, 2.45) is 5.92 Å². The van der Waals surface area contributed by atoms with Crippen LogP contribution >= 0.6 is 11.3 Å². The molecule has 142 valence electrons. The van der Waals surface area contributed by atoms with Gasteiger partial charge in [-0.05, 0) is 42.5 Å². The van der Waals surface area contributed by atoms with Crippen LogP contribution in [0, 0.1) is 11.7 Å². The molecule has 5 nitrogen and oxygen atoms in total. The summed E-state index contributed by atoms with van der Waals surface area (Å²) >= 11 is 1.60. The largest absolute Gasteiger partial charge is 0.324 e. The number of nitrogens with zero attached hydrogens (tertiary/aromatic N) is 3. The highest BCUT2D eigenvalue weighted by Gasteiger charge is 2.57. The van der Waals surface area contributed by atoms with Crippen LogP contribution in [0.15, 0.2) is 41.8 Å². The minimum absolute atomic E-state index is 0.0557. The highest BCUT2D eigenvalue weighted by Crippen LogP contribution is 2.47. The molecule has 3 aromatic rings. The van der Waals surface area contributed by atoms with Crippen molar-refractivity contribution in [2.75, 3.05) is 13.1 Å². The smallest absolute Gasteiger partial charge is 0.272 e. The zero-order chi connectivity index (χ0) is 19.0. The van der Waals surface area contributed by atoms with E-state index >= 15 is 0 Å². The van der Waals surface area contributed by atoms with E-state index in [9.17, 15) is 14.0 Å². The molecule has 1 unspecified atom stereocenters. The summed E-state index contributed by atoms with van der Waals surface area (Å²) in [5.74, 6) is -0.225. The number of amides is 2. The lowest BCUT2D eigenvalue weighted by Crippen LogP contribution is -2.60. The van der Waals surface area contributed by atoms with Crippen LogP contribution in [0.3, 0.4) is 0 Å². The number of thiophene rings is 1. The van der Waals surface area contributed by atoms with E-state index in [1.165, 1.54) is 12.1 Å². The molecule has 0 spiro atoms. The molecule has 4 heterocycles. The van der Waals surface area contributed by atoms with Crippen molar-refractivity contribution in [1.82, 2.24) is 14.4 Å². The van der Waals surface area contributed by atoms with Crippen molar-refractivity contribution in [3.8, 4) is 0 Å². The molecule has 1 saturated carbocycles. The van der Waals surface area contributed by atoms with Crippen molar-refractivity contribution in [2.45, 2.75) is 25.0 Å². The van der Waals surface area contributed by atoms with Gasteiger partial charge < -0.3 is 14.4 Å². The summed E-state index contributed by atoms with van der Waals surface area (Å²) in [7, 11) is 0. The number of halogens is 1. The van der Waals surface area contributed by atoms with Crippen molar-refractivity contribution in [3.63, 3.8) is 0 Å². The molecule has 0 N–H and O–H groups in total. The van der Waals surface area contributed by atoms with Crippen LogP contribution in [0.1, 0.15) is 28.9 Å². The number of carbonyl (C=O) groups is 2. The lowest BCUT2D eigenvalue weighted by atomic mass is 9.93. The number of aromatic nitrogens is 1. The molecule has 0 radical (unpaired) electrons. The van der Waals surface area contributed by atoms with Crippen LogP contribution < -0.4 is 0 Å². The van der Waals surface area contributed by atoms with E-state index in [-0.39, 0.29) is 23.5 Å². The molecule has 2 fully saturated rings. The lowest BCUT2D eigenvalue weighted by Gasteiger charge is -2.47. The number of fused-ring (bicyclic) bond motifs is 4. The SMILES string of the molecule is O=C1c2cc3ccsc3n2CC2(c3ccc(F)cc3)N1CCN2C(=O)C1CC1. The first-order valence-electron chi connectivity index (χ1n) is 9.56. The normalized spacial score (nSPS) is 24.0. The Hall–Kier alpha value is -2.67. The Bertz CT molecular complexity index is 1130. The van der Waals surface area contributed by atoms with E-state index in [0.717, 1.165) is 28.6 Å². The fourth-order valence-electron chi connectivity index (χ4n) is 4.79. The molecule has 28 heavy (non-hydrogen) atoms. The van der Waals surface area contributed by atoms with Crippen LogP contribution in [0.2, 0.25) is 0 Å². The molecule has 2 aromatic heterocycles. The van der Waals surface area contributed by atoms with Crippen LogP contribution in [-0.4, -0.2) is 39.3 Å². The number of hydrogen-bond donors (Lipinski definition) is 0. The third-order valence-corrected chi connectivity index (χ3v) is 7.24. The highest BCUT2D eigenvalue weighted by atomic mass is 32.1. The molecular weight excluding hydrogens is 377 g/mol. The van der Waals surface area contributed by atoms with Crippen LogP contribution in [-0.2, 0) is 17.0 Å². The van der Waals surface area contributed by atoms with Crippen LogP contribution in [0.5, 0.6) is 0 Å². The fraction of sp³-hybridized carbons (Fsp3) is 0.333. The Morgan fingerprint density at radius 2 is 1.93 bits per heavy atom. The molecule has 2 amide bonds. The Labute approximate surface area is 165 Å². The van der Waals surface area contributed by atoms with Gasteiger partial charge in [0.1, 0.15) is 16.3 Å². The number of rotatable bonds is 2. The van der Waals surface area contributed by atoms with Gasteiger partial charge in [-0.3, -0.25) is 9.59 Å². The second kappa shape index (κ2) is 5.44. The van der Waals surface area contributed by atoms with Gasteiger partial charge in [0.05, 0.1) is 6.54 Å². The van der Waals surface area contributed by atoms with Gasteiger partial charge in [0.15, 0.2) is 5.66 Å². The Morgan fingerprint density at radius 3 is 2.68 bits per heavy atom. The molecule has 7 heteroatoms. The van der Waals surface area contributed by atoms with E-state index in [2.05, 4.69) is 0 Å². The fourth-order valence-corrected chi connectivity index (χ4v) is 5.68. The predicted octanol–water partition coefficient (Wildman–Crippen LogP) is 3.40. The second-order valence-electron chi connectivity index (χ2n) is 7.84. The standard InChI is InChI=1S/C21H18FN3O2S/c22-16-5-3-15(4-6-16)21-12-23-17(11-14-7-10-28-20(14)23)19(27)25(21)9-8-24(21)18(26)13-1-2-13/h3-7,10-11,13H,1-2,8-9,12H2. The van der Waals surface area contributed by atoms with Crippen molar-refractivity contribution < 1.29 is 14.0 Å². The Balaban J connectivity index is 1.59. The summed E-state index contributed by atoms with van der Waals surface area (Å²) in [5, 5.41) is 3.06. The lowest BCUT2D eigenvalue weighted by molar-refractivity contribution is -0.142. The van der Waals surface area contributed by atoms with E-state index in [4.69, 9.17) is 0 Å². The summed E-state index contributed by atoms with van der Waals surface area (Å²) in [6, 6.07) is 10.2. The van der Waals surface area contributed by atoms with Gasteiger partial charge in [-0.25, -0.2) is 4.39 Å². The van der Waals surface area contributed by atoms with Gasteiger partial charge in [0.2, 0.25) is 5.91 Å². The van der Waals surface area contributed by atoms with Crippen molar-refractivity contribution in [1.29, 1.82) is 0 Å². The molecule has 1 atom stereocenters. The van der Waals surface area contributed by atoms with E-state index in [1.54, 1.807) is 23.5 Å². The maximum Gasteiger partial charge on any atom is 0.272 e. The third-order valence-electron chi connectivity index (χ3n) is 6.28. The van der Waals surface area contributed by atoms with E-state index in [1.807, 2.05) is 31.9 Å². The molecule has 2 aliphatic heterocycles. The zero-order valence-electron chi connectivity index (χ0n) is 15.1. The summed E-state index contributed by atoms with van der Waals surface area (Å²) in [4.78, 5) is 31.4. The topological polar surface area (TPSA) is 45.6 Å². The Morgan fingerprint density at radius 1 is 1.14 bits per heavy atom. The van der Waals surface area contributed by atoms with Gasteiger partial charge >= 0.3 is 0 Å². The van der Waals surface area contributed by atoms with Gasteiger partial charge in [-0.1, -0.05) is 12.1 Å². The monoisotopic (exact) mass is 395 g/mol. The second-order valence-corrected chi connectivity index (χ2v) is 8.74. The number of hydrogen-bond acceptors (Lipinski definition) is 3. The van der Waals surface area contributed by atoms with Crippen molar-refractivity contribution >= 4 is 33.4 Å². The summed E-state index contributed by atoms with van der Waals surface area (Å²) < 4.78 is 15.7. The average Bonchev–Trinajstić information content (AvgIpc) is 3.17. The molecule has 0 bridgehead atoms. The van der Waals surface area contributed by atoms with Crippen LogP contribution in [0.25, 0.3) is 10.2 Å². The molecule has 6 rings (SSSR count).